The van der Waals surface area contributed by atoms with Crippen LogP contribution in [0.5, 0.6) is 0 Å². The summed E-state index contributed by atoms with van der Waals surface area (Å²) in [5.41, 5.74) is 1.68. The molecule has 0 atom stereocenters. The normalized spacial score (nSPS) is 10.3. The van der Waals surface area contributed by atoms with E-state index >= 15 is 0 Å². The van der Waals surface area contributed by atoms with Crippen molar-refractivity contribution in [2.45, 2.75) is 0 Å². The fraction of sp³-hybridized carbons (Fsp3) is 0. The molecule has 0 aromatic carbocycles. The average molecular weight is 163 g/mol. The van der Waals surface area contributed by atoms with E-state index in [1.165, 1.54) is 12.4 Å². The molecular formula is C7H5N3O2. The van der Waals surface area contributed by atoms with Crippen LogP contribution >= 0.6 is 0 Å². The van der Waals surface area contributed by atoms with Gasteiger partial charge in [0.05, 0.1) is 12.4 Å². The number of pyridine rings is 1. The first-order chi connectivity index (χ1) is 5.77. The van der Waals surface area contributed by atoms with E-state index in [0.717, 1.165) is 15.8 Å². The Labute approximate surface area is 67.7 Å². The second-order valence-corrected chi connectivity index (χ2v) is 2.38. The molecule has 60 valence electrons. The van der Waals surface area contributed by atoms with Crippen LogP contribution in [0, 0.1) is 10.1 Å². The molecule has 0 unspecified atom stereocenters. The highest BCUT2D eigenvalue weighted by molar-refractivity contribution is 5.61. The molecule has 5 heteroatoms. The third-order valence-electron chi connectivity index (χ3n) is 1.63. The second-order valence-electron chi connectivity index (χ2n) is 2.38. The van der Waals surface area contributed by atoms with Crippen LogP contribution in [-0.2, 0) is 0 Å². The van der Waals surface area contributed by atoms with Crippen molar-refractivity contribution in [3.8, 4) is 11.1 Å². The molecule has 0 spiro atoms. The molecule has 0 bridgehead atoms. The van der Waals surface area contributed by atoms with Gasteiger partial charge in [0.2, 0.25) is 0 Å². The van der Waals surface area contributed by atoms with Gasteiger partial charge in [0, 0.05) is 23.5 Å². The maximum atomic E-state index is 10.3. The molecule has 0 aliphatic carbocycles. The topological polar surface area (TPSA) is 61.0 Å². The Morgan fingerprint density at radius 1 is 1.42 bits per heavy atom. The molecule has 2 aliphatic heterocycles. The first kappa shape index (κ1) is 6.78. The Bertz CT molecular complexity index is 396. The minimum absolute atomic E-state index is 0.494. The molecule has 0 aromatic heterocycles. The van der Waals surface area contributed by atoms with Crippen molar-refractivity contribution in [3.05, 3.63) is 41.0 Å². The molecule has 0 N–H and O–H groups in total. The summed E-state index contributed by atoms with van der Waals surface area (Å²) in [6.45, 7) is 0. The fourth-order valence-electron chi connectivity index (χ4n) is 1.04. The van der Waals surface area contributed by atoms with Crippen molar-refractivity contribution < 1.29 is 5.03 Å². The monoisotopic (exact) mass is 163 g/mol. The van der Waals surface area contributed by atoms with Crippen LogP contribution in [0.4, 0.5) is 0 Å². The Morgan fingerprint density at radius 2 is 2.17 bits per heavy atom. The Hall–Kier alpha value is -1.91. The maximum Gasteiger partial charge on any atom is 0.169 e. The highest BCUT2D eigenvalue weighted by atomic mass is 16.7. The standard InChI is InChI=1S/C7H5N3O2/c11-10(12)9-2-1-6-3-8-4-7(6)5-9/h1-5H. The summed E-state index contributed by atoms with van der Waals surface area (Å²) >= 11 is 0. The van der Waals surface area contributed by atoms with Gasteiger partial charge in [0.15, 0.2) is 5.03 Å². The molecule has 5 nitrogen and oxygen atoms in total. The third kappa shape index (κ3) is 0.914. The number of hydrogen-bond acceptors (Lipinski definition) is 3. The molecule has 0 amide bonds. The predicted octanol–water partition coefficient (Wildman–Crippen LogP) is 1.03. The Kier molecular flexibility index (Phi) is 1.30. The zero-order chi connectivity index (χ0) is 8.55. The second kappa shape index (κ2) is 2.30. The first-order valence-corrected chi connectivity index (χ1v) is 3.34. The van der Waals surface area contributed by atoms with E-state index in [4.69, 9.17) is 0 Å². The quantitative estimate of drug-likeness (QED) is 0.466. The van der Waals surface area contributed by atoms with Crippen LogP contribution in [0.25, 0.3) is 11.1 Å². The summed E-state index contributed by atoms with van der Waals surface area (Å²) < 4.78 is 0.907. The van der Waals surface area contributed by atoms with Gasteiger partial charge in [-0.25, -0.2) is 10.1 Å². The summed E-state index contributed by atoms with van der Waals surface area (Å²) in [4.78, 5) is 14.2. The Balaban J connectivity index is 2.62. The molecule has 0 aromatic rings. The minimum atomic E-state index is -0.494. The van der Waals surface area contributed by atoms with Gasteiger partial charge >= 0.3 is 0 Å². The van der Waals surface area contributed by atoms with E-state index < -0.39 is 5.03 Å². The van der Waals surface area contributed by atoms with Crippen molar-refractivity contribution in [2.75, 3.05) is 0 Å². The van der Waals surface area contributed by atoms with Gasteiger partial charge in [-0.1, -0.05) is 4.68 Å². The van der Waals surface area contributed by atoms with E-state index in [2.05, 4.69) is 4.98 Å². The molecule has 12 heavy (non-hydrogen) atoms. The van der Waals surface area contributed by atoms with Gasteiger partial charge in [-0.2, -0.15) is 0 Å². The molecular weight excluding hydrogens is 158 g/mol. The lowest BCUT2D eigenvalue weighted by Gasteiger charge is -1.98. The third-order valence-corrected chi connectivity index (χ3v) is 1.63. The van der Waals surface area contributed by atoms with Crippen molar-refractivity contribution in [2.24, 2.45) is 0 Å². The number of nitro groups is 1. The van der Waals surface area contributed by atoms with Crippen LogP contribution in [0.1, 0.15) is 0 Å². The number of nitrogens with zero attached hydrogens (tertiary/aromatic N) is 3. The summed E-state index contributed by atoms with van der Waals surface area (Å²) in [5, 5.41) is 9.82. The van der Waals surface area contributed by atoms with Gasteiger partial charge in [-0.3, -0.25) is 4.98 Å². The minimum Gasteiger partial charge on any atom is -0.263 e. The molecule has 0 saturated carbocycles. The Morgan fingerprint density at radius 3 is 2.92 bits per heavy atom. The molecule has 2 aliphatic rings. The van der Waals surface area contributed by atoms with E-state index in [9.17, 15) is 10.1 Å². The van der Waals surface area contributed by atoms with Crippen LogP contribution in [-0.4, -0.2) is 14.7 Å². The van der Waals surface area contributed by atoms with Crippen molar-refractivity contribution in [1.29, 1.82) is 0 Å². The van der Waals surface area contributed by atoms with E-state index in [1.807, 2.05) is 0 Å². The molecule has 0 saturated heterocycles. The van der Waals surface area contributed by atoms with Gasteiger partial charge in [-0.05, 0) is 6.07 Å². The predicted molar refractivity (Wildman–Crippen MR) is 41.2 cm³/mol. The molecule has 2 heterocycles. The lowest BCUT2D eigenvalue weighted by molar-refractivity contribution is -0.542. The zero-order valence-electron chi connectivity index (χ0n) is 6.04. The SMILES string of the molecule is O=[N+]([O-])n1ccc2cncc-2c1. The average Bonchev–Trinajstić information content (AvgIpc) is 2.49. The fourth-order valence-corrected chi connectivity index (χ4v) is 1.04. The molecule has 2 rings (SSSR count). The van der Waals surface area contributed by atoms with Crippen molar-refractivity contribution >= 4 is 0 Å². The van der Waals surface area contributed by atoms with Crippen LogP contribution in [0.2, 0.25) is 0 Å². The highest BCUT2D eigenvalue weighted by Crippen LogP contribution is 2.18. The van der Waals surface area contributed by atoms with Crippen LogP contribution in [0.3, 0.4) is 0 Å². The summed E-state index contributed by atoms with van der Waals surface area (Å²) in [7, 11) is 0. The molecule has 0 radical (unpaired) electrons. The zero-order valence-corrected chi connectivity index (χ0v) is 6.04. The van der Waals surface area contributed by atoms with Crippen LogP contribution in [0.15, 0.2) is 30.9 Å². The van der Waals surface area contributed by atoms with Crippen LogP contribution < -0.4 is 0 Å². The smallest absolute Gasteiger partial charge is 0.169 e. The van der Waals surface area contributed by atoms with E-state index in [-0.39, 0.29) is 0 Å². The van der Waals surface area contributed by atoms with Crippen molar-refractivity contribution in [3.63, 3.8) is 0 Å². The number of fused-ring (bicyclic) bond motifs is 1. The lowest BCUT2D eigenvalue weighted by atomic mass is 10.2. The van der Waals surface area contributed by atoms with Gasteiger partial charge in [0.25, 0.3) is 0 Å². The number of hydrogen-bond donors (Lipinski definition) is 0. The summed E-state index contributed by atoms with van der Waals surface area (Å²) in [6.07, 6.45) is 6.08. The largest absolute Gasteiger partial charge is 0.263 e. The summed E-state index contributed by atoms with van der Waals surface area (Å²) in [6, 6.07) is 1.66. The number of aromatic nitrogens is 2. The highest BCUT2D eigenvalue weighted by Gasteiger charge is 2.06. The van der Waals surface area contributed by atoms with E-state index in [0.29, 0.717) is 0 Å². The van der Waals surface area contributed by atoms with Gasteiger partial charge < -0.3 is 0 Å². The van der Waals surface area contributed by atoms with E-state index in [1.54, 1.807) is 18.5 Å². The first-order valence-electron chi connectivity index (χ1n) is 3.34. The maximum absolute atomic E-state index is 10.3. The molecule has 0 fully saturated rings. The lowest BCUT2D eigenvalue weighted by Crippen LogP contribution is -2.07. The van der Waals surface area contributed by atoms with Gasteiger partial charge in [0.1, 0.15) is 0 Å². The van der Waals surface area contributed by atoms with Gasteiger partial charge in [-0.15, -0.1) is 0 Å². The van der Waals surface area contributed by atoms with Crippen molar-refractivity contribution in [1.82, 2.24) is 9.66 Å². The summed E-state index contributed by atoms with van der Waals surface area (Å²) in [5.74, 6) is 0. The number of rotatable bonds is 1.